The van der Waals surface area contributed by atoms with Gasteiger partial charge in [0.25, 0.3) is 5.91 Å². The molecule has 6 nitrogen and oxygen atoms in total. The highest BCUT2D eigenvalue weighted by Crippen LogP contribution is 2.59. The second-order valence-electron chi connectivity index (χ2n) is 10.1. The van der Waals surface area contributed by atoms with E-state index >= 15 is 0 Å². The molecule has 4 saturated carbocycles. The minimum absolute atomic E-state index is 0.0193. The number of primary amides is 1. The first-order valence-electron chi connectivity index (χ1n) is 11.3. The Bertz CT molecular complexity index is 903. The van der Waals surface area contributed by atoms with Crippen LogP contribution in [-0.4, -0.2) is 48.6 Å². The van der Waals surface area contributed by atoms with Crippen molar-refractivity contribution in [1.29, 1.82) is 0 Å². The molecule has 174 valence electrons. The maximum absolute atomic E-state index is 13.5. The van der Waals surface area contributed by atoms with Crippen LogP contribution in [0.5, 0.6) is 0 Å². The molecule has 6 rings (SSSR count). The van der Waals surface area contributed by atoms with Gasteiger partial charge in [-0.15, -0.1) is 0 Å². The predicted octanol–water partition coefficient (Wildman–Crippen LogP) is 2.10. The van der Waals surface area contributed by atoms with E-state index in [9.17, 15) is 22.8 Å². The number of hydrogen-bond donors (Lipinski definition) is 2. The predicted molar refractivity (Wildman–Crippen MR) is 108 cm³/mol. The van der Waals surface area contributed by atoms with Crippen molar-refractivity contribution in [3.63, 3.8) is 0 Å². The van der Waals surface area contributed by atoms with Crippen LogP contribution in [0.25, 0.3) is 0 Å². The first-order valence-corrected chi connectivity index (χ1v) is 11.3. The van der Waals surface area contributed by atoms with Gasteiger partial charge in [0.15, 0.2) is 17.5 Å². The lowest BCUT2D eigenvalue weighted by atomic mass is 9.47. The third-order valence-corrected chi connectivity index (χ3v) is 8.00. The van der Waals surface area contributed by atoms with Crippen LogP contribution in [0.1, 0.15) is 37.7 Å². The van der Waals surface area contributed by atoms with Crippen molar-refractivity contribution in [1.82, 2.24) is 10.2 Å². The highest BCUT2D eigenvalue weighted by molar-refractivity contribution is 5.83. The van der Waals surface area contributed by atoms with Gasteiger partial charge in [-0.25, -0.2) is 13.2 Å². The standard InChI is InChI=1S/C23H28F3N3O3/c24-16-5-13(6-17(25)19(16)26)10-29-1-2-32-18(11-29)21(30)28-20-14-3-12-4-15(20)9-23(7-12,8-14)22(27)31/h5-6,12,14-15,18,20H,1-4,7-11H2,(H2,27,31)(H,28,30)/t12?,14?,15?,18-,20?,23?/m1/s1. The zero-order valence-corrected chi connectivity index (χ0v) is 17.8. The molecule has 1 heterocycles. The minimum Gasteiger partial charge on any atom is -0.369 e. The largest absolute Gasteiger partial charge is 0.369 e. The summed E-state index contributed by atoms with van der Waals surface area (Å²) < 4.78 is 46.0. The van der Waals surface area contributed by atoms with Gasteiger partial charge in [0.1, 0.15) is 6.10 Å². The number of carbonyl (C=O) groups is 2. The zero-order chi connectivity index (χ0) is 22.6. The first-order chi connectivity index (χ1) is 15.2. The summed E-state index contributed by atoms with van der Waals surface area (Å²) in [4.78, 5) is 27.0. The molecule has 4 bridgehead atoms. The van der Waals surface area contributed by atoms with Gasteiger partial charge in [0.2, 0.25) is 5.91 Å². The molecule has 0 aromatic heterocycles. The molecular formula is C23H28F3N3O3. The van der Waals surface area contributed by atoms with E-state index in [1.165, 1.54) is 0 Å². The number of nitrogens with two attached hydrogens (primary N) is 1. The SMILES string of the molecule is NC(=O)C12CC3CC(C1)C(NC(=O)[C@H]1CN(Cc4cc(F)c(F)c(F)c4)CCO1)C(C3)C2. The Morgan fingerprint density at radius 1 is 1.12 bits per heavy atom. The lowest BCUT2D eigenvalue weighted by molar-refractivity contribution is -0.151. The van der Waals surface area contributed by atoms with Crippen LogP contribution in [0.4, 0.5) is 13.2 Å². The number of morpholine rings is 1. The van der Waals surface area contributed by atoms with Crippen LogP contribution >= 0.6 is 0 Å². The van der Waals surface area contributed by atoms with E-state index in [1.54, 1.807) is 0 Å². The van der Waals surface area contributed by atoms with Gasteiger partial charge in [-0.3, -0.25) is 14.5 Å². The summed E-state index contributed by atoms with van der Waals surface area (Å²) in [6, 6.07) is 1.98. The number of benzene rings is 1. The Kier molecular flexibility index (Phi) is 5.44. The highest BCUT2D eigenvalue weighted by atomic mass is 19.2. The van der Waals surface area contributed by atoms with Gasteiger partial charge in [0.05, 0.1) is 6.61 Å². The molecule has 9 heteroatoms. The monoisotopic (exact) mass is 451 g/mol. The van der Waals surface area contributed by atoms with Crippen molar-refractivity contribution in [3.8, 4) is 0 Å². The maximum Gasteiger partial charge on any atom is 0.250 e. The van der Waals surface area contributed by atoms with E-state index in [2.05, 4.69) is 5.32 Å². The van der Waals surface area contributed by atoms with E-state index in [4.69, 9.17) is 10.5 Å². The van der Waals surface area contributed by atoms with E-state index in [-0.39, 0.29) is 42.8 Å². The molecule has 1 aromatic carbocycles. The lowest BCUT2D eigenvalue weighted by Gasteiger charge is -2.59. The lowest BCUT2D eigenvalue weighted by Crippen LogP contribution is -2.63. The van der Waals surface area contributed by atoms with Crippen LogP contribution in [0.15, 0.2) is 12.1 Å². The quantitative estimate of drug-likeness (QED) is 0.672. The molecule has 1 aliphatic heterocycles. The molecule has 5 fully saturated rings. The molecule has 3 atom stereocenters. The molecule has 3 N–H and O–H groups in total. The van der Waals surface area contributed by atoms with Gasteiger partial charge in [-0.2, -0.15) is 0 Å². The Balaban J connectivity index is 1.22. The average Bonchev–Trinajstić information content (AvgIpc) is 2.74. The smallest absolute Gasteiger partial charge is 0.250 e. The number of carbonyl (C=O) groups excluding carboxylic acids is 2. The Hall–Kier alpha value is -2.13. The van der Waals surface area contributed by atoms with Gasteiger partial charge in [-0.1, -0.05) is 0 Å². The van der Waals surface area contributed by atoms with E-state index in [1.807, 2.05) is 4.90 Å². The molecular weight excluding hydrogens is 423 g/mol. The van der Waals surface area contributed by atoms with Gasteiger partial charge < -0.3 is 15.8 Å². The normalized spacial score (nSPS) is 36.3. The number of ether oxygens (including phenoxy) is 1. The molecule has 0 spiro atoms. The molecule has 5 aliphatic rings. The fourth-order valence-corrected chi connectivity index (χ4v) is 6.78. The van der Waals surface area contributed by atoms with Crippen molar-refractivity contribution >= 4 is 11.8 Å². The van der Waals surface area contributed by atoms with Crippen LogP contribution < -0.4 is 11.1 Å². The topological polar surface area (TPSA) is 84.7 Å². The molecule has 32 heavy (non-hydrogen) atoms. The summed E-state index contributed by atoms with van der Waals surface area (Å²) in [6.45, 7) is 1.29. The fourth-order valence-electron chi connectivity index (χ4n) is 6.78. The number of hydrogen-bond acceptors (Lipinski definition) is 4. The molecule has 4 aliphatic carbocycles. The summed E-state index contributed by atoms with van der Waals surface area (Å²) in [7, 11) is 0. The summed E-state index contributed by atoms with van der Waals surface area (Å²) in [6.07, 6.45) is 3.67. The number of rotatable bonds is 5. The second-order valence-corrected chi connectivity index (χ2v) is 10.1. The Morgan fingerprint density at radius 2 is 1.78 bits per heavy atom. The summed E-state index contributed by atoms with van der Waals surface area (Å²) >= 11 is 0. The van der Waals surface area contributed by atoms with Crippen molar-refractivity contribution in [2.45, 2.75) is 50.8 Å². The van der Waals surface area contributed by atoms with Crippen LogP contribution in [-0.2, 0) is 20.9 Å². The molecule has 2 amide bonds. The summed E-state index contributed by atoms with van der Waals surface area (Å²) in [5, 5.41) is 3.19. The number of amides is 2. The van der Waals surface area contributed by atoms with Crippen LogP contribution in [0.2, 0.25) is 0 Å². The zero-order valence-electron chi connectivity index (χ0n) is 17.8. The third kappa shape index (κ3) is 3.79. The van der Waals surface area contributed by atoms with Crippen LogP contribution in [0, 0.1) is 40.6 Å². The van der Waals surface area contributed by atoms with E-state index in [0.717, 1.165) is 44.2 Å². The van der Waals surface area contributed by atoms with E-state index in [0.29, 0.717) is 24.6 Å². The summed E-state index contributed by atoms with van der Waals surface area (Å²) in [5.41, 5.74) is 5.64. The molecule has 0 radical (unpaired) electrons. The third-order valence-electron chi connectivity index (χ3n) is 8.00. The van der Waals surface area contributed by atoms with Crippen molar-refractivity contribution < 1.29 is 27.5 Å². The summed E-state index contributed by atoms with van der Waals surface area (Å²) in [5.74, 6) is -3.33. The van der Waals surface area contributed by atoms with Gasteiger partial charge in [-0.05, 0) is 67.6 Å². The number of halogens is 3. The maximum atomic E-state index is 13.5. The molecule has 1 aromatic rings. The Morgan fingerprint density at radius 3 is 2.41 bits per heavy atom. The van der Waals surface area contributed by atoms with Crippen molar-refractivity contribution in [3.05, 3.63) is 35.1 Å². The van der Waals surface area contributed by atoms with Crippen molar-refractivity contribution in [2.75, 3.05) is 19.7 Å². The van der Waals surface area contributed by atoms with Gasteiger partial charge in [0, 0.05) is 31.1 Å². The van der Waals surface area contributed by atoms with Crippen molar-refractivity contribution in [2.24, 2.45) is 28.9 Å². The van der Waals surface area contributed by atoms with E-state index < -0.39 is 29.0 Å². The number of nitrogens with zero attached hydrogens (tertiary/aromatic N) is 1. The number of nitrogens with one attached hydrogen (secondary N) is 1. The van der Waals surface area contributed by atoms with Gasteiger partial charge >= 0.3 is 0 Å². The highest BCUT2D eigenvalue weighted by Gasteiger charge is 2.58. The minimum atomic E-state index is -1.48. The Labute approximate surface area is 184 Å². The first kappa shape index (κ1) is 21.7. The van der Waals surface area contributed by atoms with Crippen LogP contribution in [0.3, 0.4) is 0 Å². The average molecular weight is 451 g/mol. The molecule has 2 unspecified atom stereocenters. The fraction of sp³-hybridized carbons (Fsp3) is 0.652. The second kappa shape index (κ2) is 8.02. The molecule has 1 saturated heterocycles.